The highest BCUT2D eigenvalue weighted by Gasteiger charge is 2.45. The molecule has 0 aromatic heterocycles. The van der Waals surface area contributed by atoms with Crippen LogP contribution < -0.4 is 0 Å². The molecule has 4 rings (SSSR count). The molecule has 1 amide bonds. The van der Waals surface area contributed by atoms with Gasteiger partial charge in [-0.3, -0.25) is 4.79 Å². The molecule has 9 heteroatoms. The first-order chi connectivity index (χ1) is 15.4. The van der Waals surface area contributed by atoms with E-state index < -0.39 is 15.4 Å². The predicted molar refractivity (Wildman–Crippen MR) is 120 cm³/mol. The first kappa shape index (κ1) is 22.7. The number of hydrogen-bond donors (Lipinski definition) is 0. The summed E-state index contributed by atoms with van der Waals surface area (Å²) >= 11 is 6.05. The number of nitrogens with zero attached hydrogens (tertiary/aromatic N) is 3. The third kappa shape index (κ3) is 4.26. The standard InChI is InChI=1S/C23H24ClN3O4S/c24-20-5-3-19(4-6-20)23(9-15-31-16-10-23)22(28)26-11-13-27(14-12-26)32(29,30)21-7-1-18(17-25)2-8-21/h1-8H,9-16H2. The maximum atomic E-state index is 13.7. The molecule has 2 aromatic rings. The quantitative estimate of drug-likeness (QED) is 0.681. The molecule has 2 saturated heterocycles. The lowest BCUT2D eigenvalue weighted by atomic mass is 9.73. The van der Waals surface area contributed by atoms with Crippen molar-refractivity contribution < 1.29 is 17.9 Å². The van der Waals surface area contributed by atoms with E-state index in [1.807, 2.05) is 18.2 Å². The molecule has 2 aliphatic heterocycles. The molecule has 2 fully saturated rings. The molecule has 0 N–H and O–H groups in total. The van der Waals surface area contributed by atoms with Crippen molar-refractivity contribution in [1.82, 2.24) is 9.21 Å². The molecule has 2 aliphatic rings. The van der Waals surface area contributed by atoms with Crippen LogP contribution in [0.2, 0.25) is 5.02 Å². The Morgan fingerprint density at radius 3 is 2.12 bits per heavy atom. The number of rotatable bonds is 4. The lowest BCUT2D eigenvalue weighted by Gasteiger charge is -2.42. The SMILES string of the molecule is N#Cc1ccc(S(=O)(=O)N2CCN(C(=O)C3(c4ccc(Cl)cc4)CCOCC3)CC2)cc1. The minimum atomic E-state index is -3.68. The number of amides is 1. The summed E-state index contributed by atoms with van der Waals surface area (Å²) < 4.78 is 32.9. The van der Waals surface area contributed by atoms with Crippen LogP contribution in [0.15, 0.2) is 53.4 Å². The summed E-state index contributed by atoms with van der Waals surface area (Å²) in [6, 6.07) is 15.3. The Labute approximate surface area is 193 Å². The van der Waals surface area contributed by atoms with E-state index in [4.69, 9.17) is 21.6 Å². The minimum Gasteiger partial charge on any atom is -0.381 e. The maximum Gasteiger partial charge on any atom is 0.243 e. The fraction of sp³-hybridized carbons (Fsp3) is 0.391. The van der Waals surface area contributed by atoms with E-state index in [1.165, 1.54) is 28.6 Å². The molecular formula is C23H24ClN3O4S. The number of sulfonamides is 1. The van der Waals surface area contributed by atoms with Gasteiger partial charge >= 0.3 is 0 Å². The Morgan fingerprint density at radius 1 is 0.969 bits per heavy atom. The molecule has 32 heavy (non-hydrogen) atoms. The summed E-state index contributed by atoms with van der Waals surface area (Å²) in [5.74, 6) is 0.0125. The average molecular weight is 474 g/mol. The number of hydrogen-bond acceptors (Lipinski definition) is 5. The number of halogens is 1. The normalized spacial score (nSPS) is 19.3. The number of carbonyl (C=O) groups excluding carboxylic acids is 1. The summed E-state index contributed by atoms with van der Waals surface area (Å²) in [6.45, 7) is 2.10. The molecular weight excluding hydrogens is 450 g/mol. The highest BCUT2D eigenvalue weighted by molar-refractivity contribution is 7.89. The fourth-order valence-electron chi connectivity index (χ4n) is 4.40. The number of nitriles is 1. The van der Waals surface area contributed by atoms with Crippen molar-refractivity contribution in [2.45, 2.75) is 23.2 Å². The van der Waals surface area contributed by atoms with Crippen molar-refractivity contribution in [3.63, 3.8) is 0 Å². The van der Waals surface area contributed by atoms with Crippen molar-refractivity contribution >= 4 is 27.5 Å². The van der Waals surface area contributed by atoms with Gasteiger partial charge in [-0.2, -0.15) is 9.57 Å². The van der Waals surface area contributed by atoms with Gasteiger partial charge in [0.05, 0.1) is 21.9 Å². The lowest BCUT2D eigenvalue weighted by Crippen LogP contribution is -2.56. The van der Waals surface area contributed by atoms with Crippen LogP contribution in [-0.4, -0.2) is 62.9 Å². The van der Waals surface area contributed by atoms with Crippen molar-refractivity contribution in [2.75, 3.05) is 39.4 Å². The van der Waals surface area contributed by atoms with Gasteiger partial charge in [0, 0.05) is 44.4 Å². The van der Waals surface area contributed by atoms with Gasteiger partial charge in [-0.15, -0.1) is 0 Å². The van der Waals surface area contributed by atoms with Gasteiger partial charge in [0.15, 0.2) is 0 Å². The highest BCUT2D eigenvalue weighted by Crippen LogP contribution is 2.37. The zero-order valence-corrected chi connectivity index (χ0v) is 19.1. The van der Waals surface area contributed by atoms with Gasteiger partial charge in [-0.25, -0.2) is 8.42 Å². The van der Waals surface area contributed by atoms with Crippen LogP contribution in [0, 0.1) is 11.3 Å². The lowest BCUT2D eigenvalue weighted by molar-refractivity contribution is -0.142. The third-order valence-electron chi connectivity index (χ3n) is 6.30. The van der Waals surface area contributed by atoms with Crippen LogP contribution in [0.1, 0.15) is 24.0 Å². The molecule has 0 spiro atoms. The van der Waals surface area contributed by atoms with E-state index in [2.05, 4.69) is 0 Å². The minimum absolute atomic E-state index is 0.0125. The summed E-state index contributed by atoms with van der Waals surface area (Å²) in [5.41, 5.74) is 0.642. The highest BCUT2D eigenvalue weighted by atomic mass is 35.5. The van der Waals surface area contributed by atoms with Crippen molar-refractivity contribution in [3.05, 3.63) is 64.7 Å². The summed E-state index contributed by atoms with van der Waals surface area (Å²) in [4.78, 5) is 15.6. The Morgan fingerprint density at radius 2 is 1.56 bits per heavy atom. The number of carbonyl (C=O) groups is 1. The molecule has 2 heterocycles. The second-order valence-corrected chi connectivity index (χ2v) is 10.4. The molecule has 0 aliphatic carbocycles. The zero-order chi connectivity index (χ0) is 22.8. The monoisotopic (exact) mass is 473 g/mol. The second kappa shape index (κ2) is 9.20. The van der Waals surface area contributed by atoms with Crippen LogP contribution in [0.4, 0.5) is 0 Å². The van der Waals surface area contributed by atoms with Crippen LogP contribution in [0.25, 0.3) is 0 Å². The average Bonchev–Trinajstić information content (AvgIpc) is 2.84. The molecule has 0 bridgehead atoms. The van der Waals surface area contributed by atoms with E-state index >= 15 is 0 Å². The molecule has 168 valence electrons. The van der Waals surface area contributed by atoms with Gasteiger partial charge in [0.25, 0.3) is 0 Å². The van der Waals surface area contributed by atoms with Gasteiger partial charge in [-0.1, -0.05) is 23.7 Å². The van der Waals surface area contributed by atoms with Gasteiger partial charge in [0.2, 0.25) is 15.9 Å². The molecule has 7 nitrogen and oxygen atoms in total. The second-order valence-electron chi connectivity index (χ2n) is 8.03. The zero-order valence-electron chi connectivity index (χ0n) is 17.5. The van der Waals surface area contributed by atoms with E-state index in [0.29, 0.717) is 49.7 Å². The van der Waals surface area contributed by atoms with Gasteiger partial charge in [0.1, 0.15) is 0 Å². The largest absolute Gasteiger partial charge is 0.381 e. The van der Waals surface area contributed by atoms with E-state index in [9.17, 15) is 13.2 Å². The fourth-order valence-corrected chi connectivity index (χ4v) is 5.95. The number of benzene rings is 2. The first-order valence-corrected chi connectivity index (χ1v) is 12.3. The first-order valence-electron chi connectivity index (χ1n) is 10.5. The molecule has 0 saturated carbocycles. The molecule has 0 radical (unpaired) electrons. The Kier molecular flexibility index (Phi) is 6.54. The summed E-state index contributed by atoms with van der Waals surface area (Å²) in [7, 11) is -3.68. The predicted octanol–water partition coefficient (Wildman–Crippen LogP) is 2.79. The topological polar surface area (TPSA) is 90.7 Å². The van der Waals surface area contributed by atoms with Gasteiger partial charge < -0.3 is 9.64 Å². The molecule has 0 unspecified atom stereocenters. The van der Waals surface area contributed by atoms with E-state index in [0.717, 1.165) is 5.56 Å². The Balaban J connectivity index is 1.50. The van der Waals surface area contributed by atoms with Crippen LogP contribution in [-0.2, 0) is 25.0 Å². The number of ether oxygens (including phenoxy) is 1. The molecule has 0 atom stereocenters. The van der Waals surface area contributed by atoms with Crippen molar-refractivity contribution in [2.24, 2.45) is 0 Å². The van der Waals surface area contributed by atoms with Crippen LogP contribution in [0.3, 0.4) is 0 Å². The summed E-state index contributed by atoms with van der Waals surface area (Å²) in [5, 5.41) is 9.54. The van der Waals surface area contributed by atoms with Crippen LogP contribution in [0.5, 0.6) is 0 Å². The Bertz CT molecular complexity index is 1110. The van der Waals surface area contributed by atoms with Gasteiger partial charge in [-0.05, 0) is 54.8 Å². The van der Waals surface area contributed by atoms with Crippen LogP contribution >= 0.6 is 11.6 Å². The third-order valence-corrected chi connectivity index (χ3v) is 8.46. The maximum absolute atomic E-state index is 13.7. The number of piperazine rings is 1. The van der Waals surface area contributed by atoms with Crippen molar-refractivity contribution in [3.8, 4) is 6.07 Å². The smallest absolute Gasteiger partial charge is 0.243 e. The molecule has 2 aromatic carbocycles. The van der Waals surface area contributed by atoms with E-state index in [1.54, 1.807) is 17.0 Å². The van der Waals surface area contributed by atoms with Crippen molar-refractivity contribution in [1.29, 1.82) is 5.26 Å². The van der Waals surface area contributed by atoms with E-state index in [-0.39, 0.29) is 23.9 Å². The Hall–Kier alpha value is -2.44. The summed E-state index contributed by atoms with van der Waals surface area (Å²) in [6.07, 6.45) is 1.16.